The van der Waals surface area contributed by atoms with Crippen LogP contribution in [-0.2, 0) is 48.4 Å². The third kappa shape index (κ3) is 10.1. The number of oxime groups is 1. The van der Waals surface area contributed by atoms with Gasteiger partial charge in [-0.25, -0.2) is 19.1 Å². The number of methoxy groups -OCH3 is 1. The Morgan fingerprint density at radius 2 is 1.86 bits per heavy atom. The zero-order chi connectivity index (χ0) is 46.0. The molecule has 0 unspecified atom stereocenters. The van der Waals surface area contributed by atoms with E-state index in [1.807, 2.05) is 35.3 Å². The average molecular weight is 962 g/mol. The number of amides is 3. The molecule has 17 nitrogen and oxygen atoms in total. The Bertz CT molecular complexity index is 2720. The van der Waals surface area contributed by atoms with Crippen molar-refractivity contribution in [2.24, 2.45) is 5.16 Å². The van der Waals surface area contributed by atoms with Crippen LogP contribution in [0.1, 0.15) is 55.3 Å². The van der Waals surface area contributed by atoms with Gasteiger partial charge in [0.1, 0.15) is 58.0 Å². The number of carbonyl (C=O) groups is 4. The van der Waals surface area contributed by atoms with Crippen molar-refractivity contribution in [1.82, 2.24) is 24.7 Å². The van der Waals surface area contributed by atoms with E-state index in [4.69, 9.17) is 36.1 Å². The number of thiazole rings is 1. The lowest BCUT2D eigenvalue weighted by Gasteiger charge is -2.49. The number of rotatable bonds is 14. The quantitative estimate of drug-likeness (QED) is 0.0280. The summed E-state index contributed by atoms with van der Waals surface area (Å²) in [6.45, 7) is 7.90. The van der Waals surface area contributed by atoms with E-state index in [9.17, 15) is 19.2 Å². The molecule has 3 N–H and O–H groups in total. The lowest BCUT2D eigenvalue weighted by atomic mass is 10.0. The number of nitrogens with one attached hydrogen (secondary N) is 3. The number of thioether (sulfide) groups is 1. The minimum Gasteiger partial charge on any atom is -0.497 e. The Morgan fingerprint density at radius 3 is 2.58 bits per heavy atom. The molecule has 65 heavy (non-hydrogen) atoms. The van der Waals surface area contributed by atoms with Gasteiger partial charge in [0.2, 0.25) is 0 Å². The van der Waals surface area contributed by atoms with Crippen molar-refractivity contribution < 1.29 is 42.8 Å². The van der Waals surface area contributed by atoms with Crippen molar-refractivity contribution in [3.05, 3.63) is 104 Å². The van der Waals surface area contributed by atoms with Crippen molar-refractivity contribution in [3.8, 4) is 5.75 Å². The van der Waals surface area contributed by atoms with E-state index in [-0.39, 0.29) is 39.7 Å². The van der Waals surface area contributed by atoms with Crippen LogP contribution in [0.2, 0.25) is 4.34 Å². The molecule has 340 valence electrons. The Kier molecular flexibility index (Phi) is 13.5. The fourth-order valence-corrected chi connectivity index (χ4v) is 10.9. The number of halogens is 1. The smallest absolute Gasteiger partial charge is 0.413 e. The lowest BCUT2D eigenvalue weighted by molar-refractivity contribution is -0.687. The van der Waals surface area contributed by atoms with Gasteiger partial charge in [-0.05, 0) is 63.4 Å². The molecule has 3 aliphatic rings. The number of hydrogen-bond donors (Lipinski definition) is 3. The van der Waals surface area contributed by atoms with Crippen LogP contribution >= 0.6 is 46.0 Å². The minimum absolute atomic E-state index is 0.0314. The van der Waals surface area contributed by atoms with Gasteiger partial charge in [-0.3, -0.25) is 25.2 Å². The second-order valence-corrected chi connectivity index (χ2v) is 20.1. The van der Waals surface area contributed by atoms with E-state index in [0.29, 0.717) is 29.5 Å². The maximum Gasteiger partial charge on any atom is 0.413 e. The first-order valence-corrected chi connectivity index (χ1v) is 23.8. The van der Waals surface area contributed by atoms with Crippen LogP contribution in [0.15, 0.2) is 82.9 Å². The number of anilines is 1. The number of hydrogen-bond acceptors (Lipinski definition) is 14. The molecule has 0 radical (unpaired) electrons. The van der Waals surface area contributed by atoms with Gasteiger partial charge in [0.15, 0.2) is 29.8 Å². The van der Waals surface area contributed by atoms with E-state index in [1.165, 1.54) is 23.8 Å². The predicted molar refractivity (Wildman–Crippen MR) is 249 cm³/mol. The van der Waals surface area contributed by atoms with Crippen LogP contribution in [-0.4, -0.2) is 105 Å². The zero-order valence-electron chi connectivity index (χ0n) is 36.2. The summed E-state index contributed by atoms with van der Waals surface area (Å²) >= 11 is 10.4. The largest absolute Gasteiger partial charge is 0.497 e. The molecule has 8 rings (SSSR count). The third-order valence-electron chi connectivity index (χ3n) is 10.7. The highest BCUT2D eigenvalue weighted by Crippen LogP contribution is 2.41. The summed E-state index contributed by atoms with van der Waals surface area (Å²) in [4.78, 5) is 68.3. The van der Waals surface area contributed by atoms with Gasteiger partial charge in [-0.2, -0.15) is 0 Å². The summed E-state index contributed by atoms with van der Waals surface area (Å²) in [5.74, 6) is -0.420. The Labute approximate surface area is 391 Å². The van der Waals surface area contributed by atoms with Crippen molar-refractivity contribution in [3.63, 3.8) is 0 Å². The first-order chi connectivity index (χ1) is 31.2. The Hall–Kier alpha value is -5.96. The number of nitrogens with zero attached hydrogens (tertiary/aromatic N) is 6. The number of fused-ring (bicyclic) bond motifs is 2. The molecule has 2 fully saturated rings. The second-order valence-electron chi connectivity index (χ2n) is 16.4. The van der Waals surface area contributed by atoms with Crippen molar-refractivity contribution in [2.45, 2.75) is 70.3 Å². The van der Waals surface area contributed by atoms with Gasteiger partial charge < -0.3 is 33.8 Å². The molecule has 7 heterocycles. The average Bonchev–Trinajstić information content (AvgIpc) is 4.12. The fraction of sp³-hybridized carbons (Fsp3) is 0.364. The molecule has 4 aromatic heterocycles. The van der Waals surface area contributed by atoms with E-state index in [2.05, 4.69) is 41.7 Å². The number of β-lactam (4-membered cyclic amide) rings is 1. The molecule has 3 aliphatic heterocycles. The molecule has 0 aliphatic carbocycles. The number of carbonyl (C=O) groups excluding carboxylic acids is 4. The van der Waals surface area contributed by atoms with Crippen LogP contribution in [0.25, 0.3) is 10.9 Å². The third-order valence-corrected chi connectivity index (χ3v) is 14.1. The Morgan fingerprint density at radius 1 is 1.09 bits per heavy atom. The summed E-state index contributed by atoms with van der Waals surface area (Å²) in [6.07, 6.45) is 7.48. The van der Waals surface area contributed by atoms with Crippen LogP contribution in [0.5, 0.6) is 5.75 Å². The van der Waals surface area contributed by atoms with Crippen LogP contribution in [0, 0.1) is 5.41 Å². The summed E-state index contributed by atoms with van der Waals surface area (Å²) < 4.78 is 20.6. The molecule has 21 heteroatoms. The molecule has 3 amide bonds. The molecule has 0 bridgehead atoms. The highest BCUT2D eigenvalue weighted by Gasteiger charge is 2.55. The van der Waals surface area contributed by atoms with E-state index in [1.54, 1.807) is 63.5 Å². The molecule has 5 aromatic rings. The maximum atomic E-state index is 14.1. The van der Waals surface area contributed by atoms with E-state index < -0.39 is 40.9 Å². The van der Waals surface area contributed by atoms with E-state index in [0.717, 1.165) is 64.2 Å². The van der Waals surface area contributed by atoms with Gasteiger partial charge in [0.05, 0.1) is 24.6 Å². The monoisotopic (exact) mass is 960 g/mol. The topological polar surface area (TPSA) is 194 Å². The van der Waals surface area contributed by atoms with E-state index >= 15 is 0 Å². The molecule has 2 atom stereocenters. The lowest BCUT2D eigenvalue weighted by Crippen LogP contribution is -2.71. The molecule has 0 spiro atoms. The predicted octanol–water partition coefficient (Wildman–Crippen LogP) is 6.37. The number of pyridine rings is 1. The number of amidine groups is 1. The van der Waals surface area contributed by atoms with Gasteiger partial charge in [-0.15, -0.1) is 23.1 Å². The van der Waals surface area contributed by atoms with Crippen molar-refractivity contribution >= 4 is 97.5 Å². The standard InChI is InChI=1S/C44H46ClN9O8S3/c1-44(2,3)62-43(58)49-42-48-32(36(45)65-42)33(50-60-5)38(55)47-34-39(56)54-35(41(57)61-22-25-8-10-29(59-4)11-9-25)28(24-64-40(34)54)20-51-16-13-31-26(19-51)12-17-53(31)21-30-18-27(23-63-30)37(46)52-14-6-7-15-52/h8-13,16-19,23,34,40,46H,6-7,14-15,20-22,24H2,1-5H3,(H-,47,48,49,55,58)/p+1/b46-37?,50-33-/t34-,40-/m1/s1. The van der Waals surface area contributed by atoms with Crippen LogP contribution < -0.4 is 19.9 Å². The molecule has 2 saturated heterocycles. The first-order valence-electron chi connectivity index (χ1n) is 20.6. The molecular weight excluding hydrogens is 914 g/mol. The number of esters is 1. The SMILES string of the molecule is CO/N=C(\C(=O)N[C@@H]1C(=O)N2C(C(=O)OCc3ccc(OC)cc3)=C(C[n+]3ccc4c(ccn4Cc4cc(C(=N)N5CCCC5)cs4)c3)CS[C@H]12)c1nc(NC(=O)OC(C)(C)C)sc1Cl. The fourth-order valence-electron chi connectivity index (χ4n) is 7.64. The van der Waals surface area contributed by atoms with Crippen molar-refractivity contribution in [1.29, 1.82) is 5.41 Å². The number of aromatic nitrogens is 3. The first kappa shape index (κ1) is 45.6. The van der Waals surface area contributed by atoms with Gasteiger partial charge in [0, 0.05) is 52.5 Å². The number of benzene rings is 1. The summed E-state index contributed by atoms with van der Waals surface area (Å²) in [6, 6.07) is 12.2. The van der Waals surface area contributed by atoms with Gasteiger partial charge in [0.25, 0.3) is 11.8 Å². The molecular formula is C44H47ClN9O8S3+. The summed E-state index contributed by atoms with van der Waals surface area (Å²) in [7, 11) is 2.81. The summed E-state index contributed by atoms with van der Waals surface area (Å²) in [5, 5.41) is 20.2. The van der Waals surface area contributed by atoms with Crippen LogP contribution in [0.3, 0.4) is 0 Å². The van der Waals surface area contributed by atoms with Crippen LogP contribution in [0.4, 0.5) is 9.93 Å². The normalized spacial score (nSPS) is 17.4. The highest BCUT2D eigenvalue weighted by molar-refractivity contribution is 8.00. The minimum atomic E-state index is -1.05. The number of thiophene rings is 1. The Balaban J connectivity index is 1.00. The van der Waals surface area contributed by atoms with Gasteiger partial charge in [-0.1, -0.05) is 40.2 Å². The summed E-state index contributed by atoms with van der Waals surface area (Å²) in [5.41, 5.74) is 2.31. The molecule has 0 saturated carbocycles. The molecule has 1 aromatic carbocycles. The highest BCUT2D eigenvalue weighted by atomic mass is 35.5. The number of ether oxygens (including phenoxy) is 3. The van der Waals surface area contributed by atoms with Crippen molar-refractivity contribution in [2.75, 3.05) is 38.4 Å². The maximum absolute atomic E-state index is 14.1. The van der Waals surface area contributed by atoms with Gasteiger partial charge >= 0.3 is 12.1 Å². The second kappa shape index (κ2) is 19.3. The zero-order valence-corrected chi connectivity index (χ0v) is 39.4. The number of likely N-dealkylation sites (tertiary alicyclic amines) is 1.